The van der Waals surface area contributed by atoms with Gasteiger partial charge in [-0.1, -0.05) is 0 Å². The molecule has 2 aromatic rings. The highest BCUT2D eigenvalue weighted by Crippen LogP contribution is 2.26. The third-order valence-electron chi connectivity index (χ3n) is 3.80. The molecule has 106 valence electrons. The molecule has 0 aromatic carbocycles. The molecule has 1 saturated heterocycles. The maximum atomic E-state index is 12.5. The van der Waals surface area contributed by atoms with Crippen molar-refractivity contribution >= 4 is 5.91 Å². The van der Waals surface area contributed by atoms with Crippen LogP contribution in [0.2, 0.25) is 0 Å². The monoisotopic (exact) mass is 281 g/mol. The zero-order chi connectivity index (χ0) is 14.7. The lowest BCUT2D eigenvalue weighted by molar-refractivity contribution is 0.0705. The van der Waals surface area contributed by atoms with Crippen LogP contribution in [0.4, 0.5) is 0 Å². The molecule has 0 aliphatic carbocycles. The van der Waals surface area contributed by atoms with Gasteiger partial charge in [0, 0.05) is 37.1 Å². The van der Waals surface area contributed by atoms with Gasteiger partial charge in [-0.05, 0) is 31.0 Å². The number of amides is 1. The van der Waals surface area contributed by atoms with Gasteiger partial charge in [0.2, 0.25) is 0 Å². The first-order chi connectivity index (χ1) is 10.3. The number of nitrogens with zero attached hydrogens (tertiary/aromatic N) is 4. The van der Waals surface area contributed by atoms with Crippen LogP contribution >= 0.6 is 0 Å². The van der Waals surface area contributed by atoms with Crippen molar-refractivity contribution in [1.82, 2.24) is 20.1 Å². The molecule has 1 fully saturated rings. The van der Waals surface area contributed by atoms with Gasteiger partial charge >= 0.3 is 0 Å². The van der Waals surface area contributed by atoms with E-state index >= 15 is 0 Å². The number of hydrogen-bond acceptors (Lipinski definition) is 4. The Morgan fingerprint density at radius 3 is 3.00 bits per heavy atom. The number of aromatic amines is 1. The van der Waals surface area contributed by atoms with Crippen molar-refractivity contribution in [2.24, 2.45) is 0 Å². The number of piperidine rings is 1. The SMILES string of the molecule is N#Cc1ccc(C(=O)N2CCCC(c3ccn[nH]3)C2)cn1. The fraction of sp³-hybridized carbons (Fsp3) is 0.333. The van der Waals surface area contributed by atoms with Gasteiger partial charge in [0.05, 0.1) is 5.56 Å². The van der Waals surface area contributed by atoms with E-state index in [9.17, 15) is 4.79 Å². The summed E-state index contributed by atoms with van der Waals surface area (Å²) in [5.41, 5.74) is 1.92. The second-order valence-corrected chi connectivity index (χ2v) is 5.15. The minimum Gasteiger partial charge on any atom is -0.338 e. The normalized spacial score (nSPS) is 18.2. The zero-order valence-electron chi connectivity index (χ0n) is 11.5. The zero-order valence-corrected chi connectivity index (χ0v) is 11.5. The third kappa shape index (κ3) is 2.77. The van der Waals surface area contributed by atoms with E-state index < -0.39 is 0 Å². The summed E-state index contributed by atoms with van der Waals surface area (Å²) < 4.78 is 0. The van der Waals surface area contributed by atoms with Gasteiger partial charge in [0.15, 0.2) is 0 Å². The molecule has 1 amide bonds. The van der Waals surface area contributed by atoms with E-state index in [1.165, 1.54) is 6.20 Å². The molecule has 1 aliphatic heterocycles. The van der Waals surface area contributed by atoms with E-state index in [2.05, 4.69) is 15.2 Å². The van der Waals surface area contributed by atoms with Crippen molar-refractivity contribution < 1.29 is 4.79 Å². The molecular formula is C15H15N5O. The predicted molar refractivity (Wildman–Crippen MR) is 75.4 cm³/mol. The maximum absolute atomic E-state index is 12.5. The van der Waals surface area contributed by atoms with Gasteiger partial charge in [-0.15, -0.1) is 0 Å². The second kappa shape index (κ2) is 5.75. The highest BCUT2D eigenvalue weighted by atomic mass is 16.2. The largest absolute Gasteiger partial charge is 0.338 e. The summed E-state index contributed by atoms with van der Waals surface area (Å²) in [5.74, 6) is 0.271. The molecule has 0 saturated carbocycles. The lowest BCUT2D eigenvalue weighted by Crippen LogP contribution is -2.39. The van der Waals surface area contributed by atoms with Gasteiger partial charge in [-0.3, -0.25) is 9.89 Å². The number of carbonyl (C=O) groups is 1. The molecule has 1 atom stereocenters. The van der Waals surface area contributed by atoms with Gasteiger partial charge < -0.3 is 4.90 Å². The van der Waals surface area contributed by atoms with Gasteiger partial charge in [0.25, 0.3) is 5.91 Å². The molecule has 1 unspecified atom stereocenters. The summed E-state index contributed by atoms with van der Waals surface area (Å²) in [7, 11) is 0. The topological polar surface area (TPSA) is 85.7 Å². The fourth-order valence-corrected chi connectivity index (χ4v) is 2.68. The Balaban J connectivity index is 1.73. The van der Waals surface area contributed by atoms with Crippen molar-refractivity contribution in [2.45, 2.75) is 18.8 Å². The summed E-state index contributed by atoms with van der Waals surface area (Å²) in [6.45, 7) is 1.44. The second-order valence-electron chi connectivity index (χ2n) is 5.15. The Morgan fingerprint density at radius 1 is 1.43 bits per heavy atom. The van der Waals surface area contributed by atoms with Crippen LogP contribution in [0.25, 0.3) is 0 Å². The van der Waals surface area contributed by atoms with E-state index in [-0.39, 0.29) is 5.91 Å². The van der Waals surface area contributed by atoms with Crippen LogP contribution in [0.3, 0.4) is 0 Å². The average Bonchev–Trinajstić information content (AvgIpc) is 3.09. The Hall–Kier alpha value is -2.68. The molecule has 6 heteroatoms. The number of aromatic nitrogens is 3. The number of rotatable bonds is 2. The van der Waals surface area contributed by atoms with E-state index in [0.717, 1.165) is 25.1 Å². The quantitative estimate of drug-likeness (QED) is 0.907. The molecule has 6 nitrogen and oxygen atoms in total. The van der Waals surface area contributed by atoms with Crippen molar-refractivity contribution in [1.29, 1.82) is 5.26 Å². The number of nitrogens with one attached hydrogen (secondary N) is 1. The third-order valence-corrected chi connectivity index (χ3v) is 3.80. The van der Waals surface area contributed by atoms with E-state index in [0.29, 0.717) is 23.7 Å². The fourth-order valence-electron chi connectivity index (χ4n) is 2.68. The number of carbonyl (C=O) groups excluding carboxylic acids is 1. The molecule has 21 heavy (non-hydrogen) atoms. The van der Waals surface area contributed by atoms with Gasteiger partial charge in [0.1, 0.15) is 11.8 Å². The smallest absolute Gasteiger partial charge is 0.255 e. The Labute approximate surface area is 122 Å². The van der Waals surface area contributed by atoms with Gasteiger partial charge in [-0.25, -0.2) is 4.98 Å². The highest BCUT2D eigenvalue weighted by Gasteiger charge is 2.26. The lowest BCUT2D eigenvalue weighted by atomic mass is 9.94. The first kappa shape index (κ1) is 13.3. The van der Waals surface area contributed by atoms with Crippen molar-refractivity contribution in [2.75, 3.05) is 13.1 Å². The van der Waals surface area contributed by atoms with Crippen LogP contribution in [0.15, 0.2) is 30.6 Å². The van der Waals surface area contributed by atoms with Crippen molar-refractivity contribution in [3.05, 3.63) is 47.5 Å². The van der Waals surface area contributed by atoms with Crippen molar-refractivity contribution in [3.63, 3.8) is 0 Å². The van der Waals surface area contributed by atoms with Crippen LogP contribution in [0.1, 0.15) is 40.5 Å². The van der Waals surface area contributed by atoms with Gasteiger partial charge in [-0.2, -0.15) is 10.4 Å². The molecular weight excluding hydrogens is 266 g/mol. The molecule has 1 N–H and O–H groups in total. The first-order valence-corrected chi connectivity index (χ1v) is 6.92. The van der Waals surface area contributed by atoms with E-state index in [1.54, 1.807) is 18.3 Å². The number of likely N-dealkylation sites (tertiary alicyclic amines) is 1. The number of pyridine rings is 1. The van der Waals surface area contributed by atoms with Crippen LogP contribution in [-0.2, 0) is 0 Å². The van der Waals surface area contributed by atoms with Crippen LogP contribution in [-0.4, -0.2) is 39.1 Å². The van der Waals surface area contributed by atoms with E-state index in [4.69, 9.17) is 5.26 Å². The van der Waals surface area contributed by atoms with Crippen LogP contribution in [0, 0.1) is 11.3 Å². The molecule has 0 spiro atoms. The van der Waals surface area contributed by atoms with E-state index in [1.807, 2.05) is 17.0 Å². The number of hydrogen-bond donors (Lipinski definition) is 1. The Bertz CT molecular complexity index is 656. The summed E-state index contributed by atoms with van der Waals surface area (Å²) in [4.78, 5) is 18.3. The van der Waals surface area contributed by atoms with Crippen LogP contribution < -0.4 is 0 Å². The summed E-state index contributed by atoms with van der Waals surface area (Å²) in [6, 6.07) is 7.14. The first-order valence-electron chi connectivity index (χ1n) is 6.92. The summed E-state index contributed by atoms with van der Waals surface area (Å²) in [6.07, 6.45) is 5.23. The standard InChI is InChI=1S/C15H15N5O/c16-8-13-4-3-11(9-17-13)15(21)20-7-1-2-12(10-20)14-5-6-18-19-14/h3-6,9,12H,1-2,7,10H2,(H,18,19). The number of nitriles is 1. The maximum Gasteiger partial charge on any atom is 0.255 e. The molecule has 3 heterocycles. The minimum absolute atomic E-state index is 0.0313. The Morgan fingerprint density at radius 2 is 2.33 bits per heavy atom. The van der Waals surface area contributed by atoms with Crippen LogP contribution in [0.5, 0.6) is 0 Å². The summed E-state index contributed by atoms with van der Waals surface area (Å²) >= 11 is 0. The molecule has 0 radical (unpaired) electrons. The molecule has 0 bridgehead atoms. The molecule has 2 aromatic heterocycles. The molecule has 1 aliphatic rings. The highest BCUT2D eigenvalue weighted by molar-refractivity contribution is 5.94. The lowest BCUT2D eigenvalue weighted by Gasteiger charge is -2.32. The number of H-pyrrole nitrogens is 1. The average molecular weight is 281 g/mol. The molecule has 3 rings (SSSR count). The Kier molecular flexibility index (Phi) is 3.65. The minimum atomic E-state index is -0.0313. The van der Waals surface area contributed by atoms with Crippen molar-refractivity contribution in [3.8, 4) is 6.07 Å². The summed E-state index contributed by atoms with van der Waals surface area (Å²) in [5, 5.41) is 15.7. The predicted octanol–water partition coefficient (Wildman–Crippen LogP) is 1.70.